The number of fused-ring (bicyclic) bond motifs is 1. The third-order valence-electron chi connectivity index (χ3n) is 4.21. The number of hydrogen-bond donors (Lipinski definition) is 1. The number of ether oxygens (including phenoxy) is 1. The van der Waals surface area contributed by atoms with Crippen molar-refractivity contribution in [3.05, 3.63) is 45.7 Å². The summed E-state index contributed by atoms with van der Waals surface area (Å²) < 4.78 is 7.86. The molecule has 1 N–H and O–H groups in total. The summed E-state index contributed by atoms with van der Waals surface area (Å²) in [5.41, 5.74) is 3.36. The number of esters is 1. The van der Waals surface area contributed by atoms with Crippen molar-refractivity contribution in [2.75, 3.05) is 6.54 Å². The first-order valence-electron chi connectivity index (χ1n) is 8.80. The lowest BCUT2D eigenvalue weighted by Crippen LogP contribution is -2.32. The van der Waals surface area contributed by atoms with Crippen LogP contribution in [0.1, 0.15) is 48.4 Å². The summed E-state index contributed by atoms with van der Waals surface area (Å²) in [6.07, 6.45) is 3.62. The van der Waals surface area contributed by atoms with Crippen molar-refractivity contribution in [1.82, 2.24) is 15.1 Å². The molecule has 1 aliphatic rings. The molecule has 1 heterocycles. The monoisotopic (exact) mass is 419 g/mol. The zero-order chi connectivity index (χ0) is 18.7. The average Bonchev–Trinajstić information content (AvgIpc) is 2.99. The number of rotatable bonds is 5. The van der Waals surface area contributed by atoms with Crippen LogP contribution in [0, 0.1) is 0 Å². The van der Waals surface area contributed by atoms with Gasteiger partial charge in [-0.05, 0) is 57.7 Å². The van der Waals surface area contributed by atoms with Gasteiger partial charge in [-0.1, -0.05) is 22.0 Å². The first kappa shape index (κ1) is 18.6. The molecule has 0 bridgehead atoms. The fourth-order valence-corrected chi connectivity index (χ4v) is 3.53. The van der Waals surface area contributed by atoms with Crippen LogP contribution in [-0.2, 0) is 22.4 Å². The van der Waals surface area contributed by atoms with E-state index >= 15 is 0 Å². The molecule has 0 unspecified atom stereocenters. The number of aromatic nitrogens is 2. The molecule has 1 aliphatic carbocycles. The number of carbonyl (C=O) groups excluding carboxylic acids is 2. The maximum atomic E-state index is 12.6. The molecule has 0 radical (unpaired) electrons. The Morgan fingerprint density at radius 3 is 2.81 bits per heavy atom. The number of halogens is 1. The zero-order valence-corrected chi connectivity index (χ0v) is 16.5. The molecule has 0 spiro atoms. The minimum Gasteiger partial charge on any atom is -0.462 e. The zero-order valence-electron chi connectivity index (χ0n) is 14.9. The van der Waals surface area contributed by atoms with Crippen LogP contribution < -0.4 is 5.32 Å². The molecule has 2 aromatic rings. The van der Waals surface area contributed by atoms with E-state index in [-0.39, 0.29) is 18.6 Å². The van der Waals surface area contributed by atoms with E-state index in [2.05, 4.69) is 26.3 Å². The van der Waals surface area contributed by atoms with Crippen LogP contribution >= 0.6 is 15.9 Å². The van der Waals surface area contributed by atoms with Gasteiger partial charge in [-0.25, -0.2) is 4.68 Å². The molecule has 7 heteroatoms. The fraction of sp³-hybridized carbons (Fsp3) is 0.421. The molecular weight excluding hydrogens is 398 g/mol. The number of nitrogens with zero attached hydrogens (tertiary/aromatic N) is 2. The maximum absolute atomic E-state index is 12.6. The Bertz CT molecular complexity index is 829. The van der Waals surface area contributed by atoms with Gasteiger partial charge >= 0.3 is 5.97 Å². The molecule has 3 rings (SSSR count). The largest absolute Gasteiger partial charge is 0.462 e. The molecule has 1 aromatic heterocycles. The molecule has 1 amide bonds. The lowest BCUT2D eigenvalue weighted by atomic mass is 9.95. The van der Waals surface area contributed by atoms with Crippen LogP contribution in [0.15, 0.2) is 28.7 Å². The van der Waals surface area contributed by atoms with Gasteiger partial charge in [-0.3, -0.25) is 9.59 Å². The molecule has 0 fully saturated rings. The first-order chi connectivity index (χ1) is 12.5. The summed E-state index contributed by atoms with van der Waals surface area (Å²) in [7, 11) is 0. The minimum atomic E-state index is -0.450. The van der Waals surface area contributed by atoms with E-state index in [0.717, 1.165) is 47.1 Å². The molecule has 0 aliphatic heterocycles. The van der Waals surface area contributed by atoms with Gasteiger partial charge in [0.2, 0.25) is 0 Å². The Morgan fingerprint density at radius 2 is 2.08 bits per heavy atom. The van der Waals surface area contributed by atoms with Crippen LogP contribution in [-0.4, -0.2) is 34.3 Å². The fourth-order valence-electron chi connectivity index (χ4n) is 3.14. The van der Waals surface area contributed by atoms with Gasteiger partial charge in [0.05, 0.1) is 11.8 Å². The van der Waals surface area contributed by atoms with Crippen LogP contribution in [0.25, 0.3) is 5.69 Å². The predicted octanol–water partition coefficient (Wildman–Crippen LogP) is 3.20. The quantitative estimate of drug-likeness (QED) is 0.755. The van der Waals surface area contributed by atoms with Crippen molar-refractivity contribution in [2.24, 2.45) is 0 Å². The summed E-state index contributed by atoms with van der Waals surface area (Å²) in [4.78, 5) is 24.3. The number of hydrogen-bond acceptors (Lipinski definition) is 4. The normalized spacial score (nSPS) is 13.4. The second-order valence-corrected chi connectivity index (χ2v) is 7.51. The first-order valence-corrected chi connectivity index (χ1v) is 9.59. The van der Waals surface area contributed by atoms with Crippen LogP contribution in [0.2, 0.25) is 0 Å². The molecule has 0 atom stereocenters. The lowest BCUT2D eigenvalue weighted by Gasteiger charge is -2.14. The minimum absolute atomic E-state index is 0.157. The highest BCUT2D eigenvalue weighted by molar-refractivity contribution is 9.10. The third kappa shape index (κ3) is 4.15. The molecule has 138 valence electrons. The standard InChI is InChI=1S/C19H22BrN3O3/c1-12(2)26-17(24)11-21-19(25)18-15-8-3-4-9-16(15)23(22-18)14-7-5-6-13(20)10-14/h5-7,10,12H,3-4,8-9,11H2,1-2H3,(H,21,25). The van der Waals surface area contributed by atoms with Gasteiger partial charge in [0.25, 0.3) is 5.91 Å². The van der Waals surface area contributed by atoms with Crippen molar-refractivity contribution in [3.63, 3.8) is 0 Å². The second kappa shape index (κ2) is 8.03. The molecule has 0 saturated carbocycles. The maximum Gasteiger partial charge on any atom is 0.325 e. The number of benzene rings is 1. The molecular formula is C19H22BrN3O3. The van der Waals surface area contributed by atoms with E-state index in [1.54, 1.807) is 13.8 Å². The topological polar surface area (TPSA) is 73.2 Å². The summed E-state index contributed by atoms with van der Waals surface area (Å²) in [6, 6.07) is 7.84. The smallest absolute Gasteiger partial charge is 0.325 e. The Hall–Kier alpha value is -2.15. The second-order valence-electron chi connectivity index (χ2n) is 6.59. The van der Waals surface area contributed by atoms with E-state index in [1.165, 1.54) is 0 Å². The SMILES string of the molecule is CC(C)OC(=O)CNC(=O)c1nn(-c2cccc(Br)c2)c2c1CCCC2. The number of amides is 1. The number of carbonyl (C=O) groups is 2. The van der Waals surface area contributed by atoms with Gasteiger partial charge in [0, 0.05) is 15.7 Å². The van der Waals surface area contributed by atoms with Crippen molar-refractivity contribution in [1.29, 1.82) is 0 Å². The van der Waals surface area contributed by atoms with Crippen LogP contribution in [0.3, 0.4) is 0 Å². The predicted molar refractivity (Wildman–Crippen MR) is 101 cm³/mol. The van der Waals surface area contributed by atoms with Gasteiger partial charge in [0.1, 0.15) is 6.54 Å². The van der Waals surface area contributed by atoms with E-state index in [1.807, 2.05) is 28.9 Å². The van der Waals surface area contributed by atoms with Crippen LogP contribution in [0.5, 0.6) is 0 Å². The Morgan fingerprint density at radius 1 is 1.31 bits per heavy atom. The molecule has 26 heavy (non-hydrogen) atoms. The van der Waals surface area contributed by atoms with E-state index < -0.39 is 5.97 Å². The highest BCUT2D eigenvalue weighted by Gasteiger charge is 2.26. The van der Waals surface area contributed by atoms with Gasteiger partial charge < -0.3 is 10.1 Å². The van der Waals surface area contributed by atoms with Gasteiger partial charge in [-0.2, -0.15) is 5.10 Å². The summed E-state index contributed by atoms with van der Waals surface area (Å²) in [5.74, 6) is -0.786. The van der Waals surface area contributed by atoms with Gasteiger partial charge in [-0.15, -0.1) is 0 Å². The highest BCUT2D eigenvalue weighted by Crippen LogP contribution is 2.27. The Kier molecular flexibility index (Phi) is 5.76. The summed E-state index contributed by atoms with van der Waals surface area (Å²) in [5, 5.41) is 7.21. The summed E-state index contributed by atoms with van der Waals surface area (Å²) in [6.45, 7) is 3.39. The molecule has 1 aromatic carbocycles. The van der Waals surface area contributed by atoms with Crippen molar-refractivity contribution < 1.29 is 14.3 Å². The summed E-state index contributed by atoms with van der Waals surface area (Å²) >= 11 is 3.48. The Labute approximate surface area is 161 Å². The molecule has 0 saturated heterocycles. The highest BCUT2D eigenvalue weighted by atomic mass is 79.9. The van der Waals surface area contributed by atoms with Crippen molar-refractivity contribution in [3.8, 4) is 5.69 Å². The van der Waals surface area contributed by atoms with Crippen molar-refractivity contribution >= 4 is 27.8 Å². The number of nitrogens with one attached hydrogen (secondary N) is 1. The lowest BCUT2D eigenvalue weighted by molar-refractivity contribution is -0.146. The van der Waals surface area contributed by atoms with Gasteiger partial charge in [0.15, 0.2) is 5.69 Å². The van der Waals surface area contributed by atoms with E-state index in [9.17, 15) is 9.59 Å². The van der Waals surface area contributed by atoms with E-state index in [4.69, 9.17) is 4.74 Å². The third-order valence-corrected chi connectivity index (χ3v) is 4.70. The van der Waals surface area contributed by atoms with E-state index in [0.29, 0.717) is 5.69 Å². The van der Waals surface area contributed by atoms with Crippen molar-refractivity contribution in [2.45, 2.75) is 45.6 Å². The molecule has 6 nitrogen and oxygen atoms in total. The average molecular weight is 420 g/mol. The van der Waals surface area contributed by atoms with Crippen LogP contribution in [0.4, 0.5) is 0 Å². The Balaban J connectivity index is 1.86.